The van der Waals surface area contributed by atoms with Crippen molar-refractivity contribution >= 4 is 34.8 Å². The van der Waals surface area contributed by atoms with E-state index in [1.54, 1.807) is 17.0 Å². The molecule has 1 saturated heterocycles. The van der Waals surface area contributed by atoms with Crippen LogP contribution in [-0.2, 0) is 4.74 Å². The molecule has 0 spiro atoms. The van der Waals surface area contributed by atoms with Crippen molar-refractivity contribution in [1.29, 1.82) is 0 Å². The van der Waals surface area contributed by atoms with Crippen LogP contribution in [-0.4, -0.2) is 47.8 Å². The number of halogens is 1. The Morgan fingerprint density at radius 3 is 2.61 bits per heavy atom. The van der Waals surface area contributed by atoms with E-state index in [4.69, 9.17) is 20.8 Å². The van der Waals surface area contributed by atoms with E-state index < -0.39 is 5.60 Å². The maximum absolute atomic E-state index is 12.1. The summed E-state index contributed by atoms with van der Waals surface area (Å²) in [5, 5.41) is 0.620. The molecule has 0 unspecified atom stereocenters. The van der Waals surface area contributed by atoms with E-state index in [0.717, 1.165) is 5.52 Å². The fourth-order valence-electron chi connectivity index (χ4n) is 2.43. The van der Waals surface area contributed by atoms with Crippen molar-refractivity contribution in [2.75, 3.05) is 31.1 Å². The van der Waals surface area contributed by atoms with Gasteiger partial charge in [0, 0.05) is 37.3 Å². The number of fused-ring (bicyclic) bond motifs is 1. The highest BCUT2D eigenvalue weighted by Gasteiger charge is 2.27. The Labute approximate surface area is 140 Å². The number of nitrogens with zero attached hydrogens (tertiary/aromatic N) is 3. The molecule has 124 valence electrons. The topological polar surface area (TPSA) is 58.8 Å². The van der Waals surface area contributed by atoms with Gasteiger partial charge < -0.3 is 19.0 Å². The maximum Gasteiger partial charge on any atom is 0.410 e. The number of amides is 1. The minimum absolute atomic E-state index is 0.276. The molecule has 6 nitrogen and oxygen atoms in total. The molecule has 1 amide bonds. The van der Waals surface area contributed by atoms with Gasteiger partial charge in [-0.2, -0.15) is 4.98 Å². The minimum Gasteiger partial charge on any atom is -0.444 e. The van der Waals surface area contributed by atoms with E-state index >= 15 is 0 Å². The third-order valence-electron chi connectivity index (χ3n) is 3.54. The summed E-state index contributed by atoms with van der Waals surface area (Å²) in [6, 6.07) is 5.94. The zero-order chi connectivity index (χ0) is 16.6. The van der Waals surface area contributed by atoms with Gasteiger partial charge in [0.15, 0.2) is 5.58 Å². The van der Waals surface area contributed by atoms with Gasteiger partial charge in [0.1, 0.15) is 11.1 Å². The monoisotopic (exact) mass is 337 g/mol. The minimum atomic E-state index is -0.478. The van der Waals surface area contributed by atoms with E-state index in [9.17, 15) is 4.79 Å². The number of carbonyl (C=O) groups is 1. The molecule has 0 N–H and O–H groups in total. The molecule has 1 aromatic carbocycles. The fourth-order valence-corrected chi connectivity index (χ4v) is 2.59. The normalized spacial score (nSPS) is 16.0. The molecule has 0 atom stereocenters. The maximum atomic E-state index is 12.1. The van der Waals surface area contributed by atoms with Gasteiger partial charge in [-0.05, 0) is 32.9 Å². The predicted octanol–water partition coefficient (Wildman–Crippen LogP) is 3.54. The second kappa shape index (κ2) is 5.92. The molecular weight excluding hydrogens is 318 g/mol. The molecular formula is C16H20ClN3O3. The Morgan fingerprint density at radius 2 is 1.96 bits per heavy atom. The highest BCUT2D eigenvalue weighted by molar-refractivity contribution is 6.31. The van der Waals surface area contributed by atoms with Crippen LogP contribution in [0.15, 0.2) is 22.6 Å². The van der Waals surface area contributed by atoms with E-state index in [1.807, 2.05) is 31.7 Å². The number of anilines is 1. The van der Waals surface area contributed by atoms with Crippen LogP contribution in [0.4, 0.5) is 10.8 Å². The van der Waals surface area contributed by atoms with Crippen LogP contribution in [0.3, 0.4) is 0 Å². The third-order valence-corrected chi connectivity index (χ3v) is 3.78. The molecule has 0 saturated carbocycles. The zero-order valence-corrected chi connectivity index (χ0v) is 14.3. The zero-order valence-electron chi connectivity index (χ0n) is 13.5. The van der Waals surface area contributed by atoms with Crippen molar-refractivity contribution in [2.45, 2.75) is 26.4 Å². The van der Waals surface area contributed by atoms with Crippen molar-refractivity contribution in [2.24, 2.45) is 0 Å². The fraction of sp³-hybridized carbons (Fsp3) is 0.500. The Kier molecular flexibility index (Phi) is 4.10. The quantitative estimate of drug-likeness (QED) is 0.796. The summed E-state index contributed by atoms with van der Waals surface area (Å²) in [6.45, 7) is 8.06. The molecule has 1 aliphatic heterocycles. The van der Waals surface area contributed by atoms with Gasteiger partial charge in [-0.25, -0.2) is 4.79 Å². The van der Waals surface area contributed by atoms with E-state index in [0.29, 0.717) is 42.8 Å². The van der Waals surface area contributed by atoms with E-state index in [1.165, 1.54) is 0 Å². The Balaban J connectivity index is 1.65. The van der Waals surface area contributed by atoms with Crippen molar-refractivity contribution < 1.29 is 13.9 Å². The number of benzene rings is 1. The average molecular weight is 338 g/mol. The SMILES string of the molecule is CC(C)(C)OC(=O)N1CCN(c2nc3ccc(Cl)cc3o2)CC1. The summed E-state index contributed by atoms with van der Waals surface area (Å²) in [5.41, 5.74) is 0.967. The Hall–Kier alpha value is -1.95. The lowest BCUT2D eigenvalue weighted by molar-refractivity contribution is 0.0239. The molecule has 1 aliphatic rings. The second-order valence-electron chi connectivity index (χ2n) is 6.56. The van der Waals surface area contributed by atoms with Crippen LogP contribution in [0.1, 0.15) is 20.8 Å². The van der Waals surface area contributed by atoms with Crippen molar-refractivity contribution in [3.63, 3.8) is 0 Å². The Bertz CT molecular complexity index is 715. The second-order valence-corrected chi connectivity index (χ2v) is 7.00. The molecule has 2 heterocycles. The van der Waals surface area contributed by atoms with Crippen LogP contribution in [0.2, 0.25) is 5.02 Å². The van der Waals surface area contributed by atoms with E-state index in [2.05, 4.69) is 4.98 Å². The summed E-state index contributed by atoms with van der Waals surface area (Å²) < 4.78 is 11.2. The van der Waals surface area contributed by atoms with Crippen LogP contribution >= 0.6 is 11.6 Å². The van der Waals surface area contributed by atoms with Crippen LogP contribution in [0, 0.1) is 0 Å². The van der Waals surface area contributed by atoms with Crippen molar-refractivity contribution in [1.82, 2.24) is 9.88 Å². The Morgan fingerprint density at radius 1 is 1.26 bits per heavy atom. The summed E-state index contributed by atoms with van der Waals surface area (Å²) in [7, 11) is 0. The highest BCUT2D eigenvalue weighted by Crippen LogP contribution is 2.25. The molecule has 2 aromatic rings. The van der Waals surface area contributed by atoms with Gasteiger partial charge in [-0.15, -0.1) is 0 Å². The number of carbonyl (C=O) groups excluding carboxylic acids is 1. The van der Waals surface area contributed by atoms with Crippen LogP contribution < -0.4 is 4.90 Å². The predicted molar refractivity (Wildman–Crippen MR) is 89.0 cm³/mol. The lowest BCUT2D eigenvalue weighted by atomic mass is 10.2. The van der Waals surface area contributed by atoms with E-state index in [-0.39, 0.29) is 6.09 Å². The molecule has 0 aliphatic carbocycles. The summed E-state index contributed by atoms with van der Waals surface area (Å²) in [6.07, 6.45) is -0.276. The number of hydrogen-bond donors (Lipinski definition) is 0. The van der Waals surface area contributed by atoms with Crippen LogP contribution in [0.5, 0.6) is 0 Å². The molecule has 1 fully saturated rings. The number of oxazole rings is 1. The number of aromatic nitrogens is 1. The number of ether oxygens (including phenoxy) is 1. The lowest BCUT2D eigenvalue weighted by Gasteiger charge is -2.34. The average Bonchev–Trinajstić information content (AvgIpc) is 2.88. The van der Waals surface area contributed by atoms with Crippen LogP contribution in [0.25, 0.3) is 11.1 Å². The number of rotatable bonds is 1. The standard InChI is InChI=1S/C16H20ClN3O3/c1-16(2,3)23-15(21)20-8-6-19(7-9-20)14-18-12-5-4-11(17)10-13(12)22-14/h4-5,10H,6-9H2,1-3H3. The van der Waals surface area contributed by atoms with Gasteiger partial charge in [-0.1, -0.05) is 11.6 Å². The molecule has 3 rings (SSSR count). The summed E-state index contributed by atoms with van der Waals surface area (Å²) in [5.74, 6) is 0. The first-order valence-electron chi connectivity index (χ1n) is 7.61. The first kappa shape index (κ1) is 15.9. The molecule has 0 radical (unpaired) electrons. The van der Waals surface area contributed by atoms with Gasteiger partial charge in [0.25, 0.3) is 6.01 Å². The smallest absolute Gasteiger partial charge is 0.410 e. The largest absolute Gasteiger partial charge is 0.444 e. The van der Waals surface area contributed by atoms with Gasteiger partial charge in [0.2, 0.25) is 0 Å². The molecule has 7 heteroatoms. The first-order chi connectivity index (χ1) is 10.8. The first-order valence-corrected chi connectivity index (χ1v) is 7.98. The van der Waals surface area contributed by atoms with Crippen molar-refractivity contribution in [3.05, 3.63) is 23.2 Å². The third kappa shape index (κ3) is 3.69. The number of piperazine rings is 1. The van der Waals surface area contributed by atoms with Gasteiger partial charge >= 0.3 is 6.09 Å². The van der Waals surface area contributed by atoms with Crippen molar-refractivity contribution in [3.8, 4) is 0 Å². The molecule has 23 heavy (non-hydrogen) atoms. The lowest BCUT2D eigenvalue weighted by Crippen LogP contribution is -2.50. The molecule has 0 bridgehead atoms. The number of hydrogen-bond acceptors (Lipinski definition) is 5. The highest BCUT2D eigenvalue weighted by atomic mass is 35.5. The summed E-state index contributed by atoms with van der Waals surface area (Å²) >= 11 is 5.96. The summed E-state index contributed by atoms with van der Waals surface area (Å²) in [4.78, 5) is 20.3. The van der Waals surface area contributed by atoms with Gasteiger partial charge in [-0.3, -0.25) is 0 Å². The molecule has 1 aromatic heterocycles. The van der Waals surface area contributed by atoms with Gasteiger partial charge in [0.05, 0.1) is 0 Å².